The first-order chi connectivity index (χ1) is 10.9. The molecule has 0 aliphatic rings. The van der Waals surface area contributed by atoms with Gasteiger partial charge in [0.2, 0.25) is 0 Å². The summed E-state index contributed by atoms with van der Waals surface area (Å²) in [6.07, 6.45) is -0.812. The minimum absolute atomic E-state index is 0.0990. The molecule has 0 saturated heterocycles. The van der Waals surface area contributed by atoms with Gasteiger partial charge in [0.15, 0.2) is 6.10 Å². The average molecular weight is 335 g/mol. The third kappa shape index (κ3) is 4.43. The fourth-order valence-corrected chi connectivity index (χ4v) is 2.05. The highest BCUT2D eigenvalue weighted by molar-refractivity contribution is 6.32. The van der Waals surface area contributed by atoms with Gasteiger partial charge >= 0.3 is 0 Å². The molecule has 0 radical (unpaired) electrons. The molecule has 2 aromatic rings. The van der Waals surface area contributed by atoms with Gasteiger partial charge in [-0.05, 0) is 37.6 Å². The van der Waals surface area contributed by atoms with Crippen LogP contribution in [-0.4, -0.2) is 16.9 Å². The van der Waals surface area contributed by atoms with Crippen LogP contribution in [0.15, 0.2) is 42.5 Å². The van der Waals surface area contributed by atoms with Crippen LogP contribution >= 0.6 is 11.6 Å². The quantitative estimate of drug-likeness (QED) is 0.662. The van der Waals surface area contributed by atoms with E-state index in [0.717, 1.165) is 5.56 Å². The Morgan fingerprint density at radius 3 is 2.74 bits per heavy atom. The monoisotopic (exact) mass is 334 g/mol. The number of halogens is 1. The van der Waals surface area contributed by atoms with Crippen LogP contribution < -0.4 is 10.1 Å². The molecule has 7 heteroatoms. The lowest BCUT2D eigenvalue weighted by Gasteiger charge is -2.16. The van der Waals surface area contributed by atoms with E-state index in [-0.39, 0.29) is 5.69 Å². The Balaban J connectivity index is 2.07. The van der Waals surface area contributed by atoms with Gasteiger partial charge < -0.3 is 10.1 Å². The van der Waals surface area contributed by atoms with Crippen molar-refractivity contribution < 1.29 is 14.5 Å². The predicted molar refractivity (Wildman–Crippen MR) is 88.0 cm³/mol. The van der Waals surface area contributed by atoms with Gasteiger partial charge in [-0.3, -0.25) is 14.9 Å². The van der Waals surface area contributed by atoms with E-state index in [2.05, 4.69) is 5.32 Å². The number of anilines is 1. The smallest absolute Gasteiger partial charge is 0.271 e. The molecule has 120 valence electrons. The minimum Gasteiger partial charge on any atom is -0.479 e. The van der Waals surface area contributed by atoms with E-state index < -0.39 is 16.9 Å². The van der Waals surface area contributed by atoms with Crippen LogP contribution in [0.3, 0.4) is 0 Å². The normalized spacial score (nSPS) is 11.6. The standard InChI is InChI=1S/C16H15ClN2O4/c1-10-6-7-14(17)15(8-10)23-11(2)16(20)18-12-4-3-5-13(9-12)19(21)22/h3-9,11H,1-2H3,(H,18,20). The number of hydrogen-bond acceptors (Lipinski definition) is 4. The third-order valence-corrected chi connectivity index (χ3v) is 3.40. The summed E-state index contributed by atoms with van der Waals surface area (Å²) in [6.45, 7) is 3.46. The van der Waals surface area contributed by atoms with Crippen molar-refractivity contribution in [2.45, 2.75) is 20.0 Å². The predicted octanol–water partition coefficient (Wildman–Crippen LogP) is 3.96. The summed E-state index contributed by atoms with van der Waals surface area (Å²) < 4.78 is 5.56. The topological polar surface area (TPSA) is 81.5 Å². The number of hydrogen-bond donors (Lipinski definition) is 1. The highest BCUT2D eigenvalue weighted by atomic mass is 35.5. The molecule has 1 N–H and O–H groups in total. The molecule has 23 heavy (non-hydrogen) atoms. The van der Waals surface area contributed by atoms with E-state index in [0.29, 0.717) is 16.5 Å². The summed E-state index contributed by atoms with van der Waals surface area (Å²) in [4.78, 5) is 22.4. The molecule has 0 saturated carbocycles. The number of non-ortho nitro benzene ring substituents is 1. The van der Waals surface area contributed by atoms with Crippen LogP contribution in [0.1, 0.15) is 12.5 Å². The maximum absolute atomic E-state index is 12.1. The van der Waals surface area contributed by atoms with E-state index in [1.165, 1.54) is 18.2 Å². The van der Waals surface area contributed by atoms with Crippen LogP contribution in [0.5, 0.6) is 5.75 Å². The number of ether oxygens (including phenoxy) is 1. The lowest BCUT2D eigenvalue weighted by atomic mass is 10.2. The Kier molecular flexibility index (Phi) is 5.18. The first-order valence-corrected chi connectivity index (χ1v) is 7.23. The van der Waals surface area contributed by atoms with Gasteiger partial charge in [-0.1, -0.05) is 23.7 Å². The molecule has 0 spiro atoms. The molecule has 0 aliphatic heterocycles. The Morgan fingerprint density at radius 1 is 1.30 bits per heavy atom. The number of benzene rings is 2. The van der Waals surface area contributed by atoms with Crippen LogP contribution in [-0.2, 0) is 4.79 Å². The Hall–Kier alpha value is -2.60. The van der Waals surface area contributed by atoms with Crippen molar-refractivity contribution in [3.05, 3.63) is 63.2 Å². The van der Waals surface area contributed by atoms with Crippen molar-refractivity contribution >= 4 is 28.9 Å². The molecule has 0 bridgehead atoms. The summed E-state index contributed by atoms with van der Waals surface area (Å²) >= 11 is 6.03. The zero-order valence-corrected chi connectivity index (χ0v) is 13.3. The molecular weight excluding hydrogens is 320 g/mol. The number of nitro groups is 1. The van der Waals surface area contributed by atoms with Gasteiger partial charge in [-0.15, -0.1) is 0 Å². The van der Waals surface area contributed by atoms with E-state index in [1.807, 2.05) is 13.0 Å². The molecule has 0 heterocycles. The molecule has 1 atom stereocenters. The van der Waals surface area contributed by atoms with Crippen molar-refractivity contribution in [3.8, 4) is 5.75 Å². The van der Waals surface area contributed by atoms with Gasteiger partial charge in [-0.25, -0.2) is 0 Å². The molecule has 6 nitrogen and oxygen atoms in total. The van der Waals surface area contributed by atoms with Gasteiger partial charge in [0.25, 0.3) is 11.6 Å². The molecule has 0 fully saturated rings. The van der Waals surface area contributed by atoms with Crippen LogP contribution in [0, 0.1) is 17.0 Å². The Morgan fingerprint density at radius 2 is 2.04 bits per heavy atom. The number of amides is 1. The van der Waals surface area contributed by atoms with Crippen molar-refractivity contribution in [2.24, 2.45) is 0 Å². The van der Waals surface area contributed by atoms with E-state index in [4.69, 9.17) is 16.3 Å². The lowest BCUT2D eigenvalue weighted by Crippen LogP contribution is -2.30. The maximum Gasteiger partial charge on any atom is 0.271 e. The highest BCUT2D eigenvalue weighted by Gasteiger charge is 2.17. The minimum atomic E-state index is -0.812. The van der Waals surface area contributed by atoms with Gasteiger partial charge in [0.05, 0.1) is 9.95 Å². The largest absolute Gasteiger partial charge is 0.479 e. The van der Waals surface area contributed by atoms with E-state index in [1.54, 1.807) is 25.1 Å². The SMILES string of the molecule is Cc1ccc(Cl)c(OC(C)C(=O)Nc2cccc([N+](=O)[O-])c2)c1. The second-order valence-corrected chi connectivity index (χ2v) is 5.40. The fourth-order valence-electron chi connectivity index (χ4n) is 1.89. The number of carbonyl (C=O) groups is 1. The summed E-state index contributed by atoms with van der Waals surface area (Å²) in [5, 5.41) is 13.7. The van der Waals surface area contributed by atoms with Crippen LogP contribution in [0.2, 0.25) is 5.02 Å². The molecule has 2 aromatic carbocycles. The fraction of sp³-hybridized carbons (Fsp3) is 0.188. The van der Waals surface area contributed by atoms with Gasteiger partial charge in [0.1, 0.15) is 5.75 Å². The second kappa shape index (κ2) is 7.11. The molecule has 2 rings (SSSR count). The van der Waals surface area contributed by atoms with Crippen LogP contribution in [0.25, 0.3) is 0 Å². The highest BCUT2D eigenvalue weighted by Crippen LogP contribution is 2.26. The lowest BCUT2D eigenvalue weighted by molar-refractivity contribution is -0.384. The van der Waals surface area contributed by atoms with Crippen molar-refractivity contribution in [1.82, 2.24) is 0 Å². The summed E-state index contributed by atoms with van der Waals surface area (Å²) in [5.41, 5.74) is 1.18. The molecular formula is C16H15ClN2O4. The summed E-state index contributed by atoms with van der Waals surface area (Å²) in [6, 6.07) is 11.0. The first-order valence-electron chi connectivity index (χ1n) is 6.85. The zero-order valence-electron chi connectivity index (χ0n) is 12.6. The van der Waals surface area contributed by atoms with E-state index >= 15 is 0 Å². The number of nitro benzene ring substituents is 1. The Bertz CT molecular complexity index is 749. The van der Waals surface area contributed by atoms with Gasteiger partial charge in [-0.2, -0.15) is 0 Å². The number of nitrogens with zero attached hydrogens (tertiary/aromatic N) is 1. The van der Waals surface area contributed by atoms with Gasteiger partial charge in [0, 0.05) is 17.8 Å². The van der Waals surface area contributed by atoms with Crippen molar-refractivity contribution in [2.75, 3.05) is 5.32 Å². The first kappa shape index (κ1) is 16.8. The van der Waals surface area contributed by atoms with Crippen molar-refractivity contribution in [3.63, 3.8) is 0 Å². The molecule has 0 aromatic heterocycles. The number of rotatable bonds is 5. The van der Waals surface area contributed by atoms with Crippen LogP contribution in [0.4, 0.5) is 11.4 Å². The zero-order chi connectivity index (χ0) is 17.0. The Labute approximate surface area is 138 Å². The number of aryl methyl sites for hydroxylation is 1. The number of nitrogens with one attached hydrogen (secondary N) is 1. The summed E-state index contributed by atoms with van der Waals surface area (Å²) in [7, 11) is 0. The number of carbonyl (C=O) groups excluding carboxylic acids is 1. The average Bonchev–Trinajstić information content (AvgIpc) is 2.51. The molecule has 1 amide bonds. The van der Waals surface area contributed by atoms with Crippen molar-refractivity contribution in [1.29, 1.82) is 0 Å². The maximum atomic E-state index is 12.1. The van der Waals surface area contributed by atoms with E-state index in [9.17, 15) is 14.9 Å². The third-order valence-electron chi connectivity index (χ3n) is 3.08. The molecule has 0 aliphatic carbocycles. The summed E-state index contributed by atoms with van der Waals surface area (Å²) in [5.74, 6) is -0.0172. The molecule has 1 unspecified atom stereocenters. The second-order valence-electron chi connectivity index (χ2n) is 4.99.